The molecule has 1 amide bonds. The van der Waals surface area contributed by atoms with E-state index in [0.29, 0.717) is 17.4 Å². The maximum absolute atomic E-state index is 12.8. The van der Waals surface area contributed by atoms with Gasteiger partial charge in [0.15, 0.2) is 17.8 Å². The average molecular weight is 327 g/mol. The fourth-order valence-corrected chi connectivity index (χ4v) is 3.15. The van der Waals surface area contributed by atoms with Crippen molar-refractivity contribution < 1.29 is 9.21 Å². The van der Waals surface area contributed by atoms with E-state index in [2.05, 4.69) is 17.2 Å². The topological polar surface area (TPSA) is 58.4 Å². The molecule has 0 unspecified atom stereocenters. The Labute approximate surface area is 143 Å². The molecule has 1 aromatic carbocycles. The van der Waals surface area contributed by atoms with Crippen molar-refractivity contribution in [2.45, 2.75) is 26.7 Å². The van der Waals surface area contributed by atoms with Crippen molar-refractivity contribution in [1.29, 1.82) is 0 Å². The molecule has 5 heteroatoms. The molecule has 128 valence electrons. The Morgan fingerprint density at radius 3 is 2.67 bits per heavy atom. The lowest BCUT2D eigenvalue weighted by atomic mass is 9.96. The highest BCUT2D eigenvalue weighted by atomic mass is 16.3. The zero-order valence-corrected chi connectivity index (χ0v) is 14.4. The van der Waals surface area contributed by atoms with Gasteiger partial charge in [0.2, 0.25) is 0 Å². The molecule has 1 aliphatic heterocycles. The van der Waals surface area contributed by atoms with Crippen molar-refractivity contribution in [3.63, 3.8) is 0 Å². The van der Waals surface area contributed by atoms with Gasteiger partial charge in [-0.15, -0.1) is 0 Å². The minimum atomic E-state index is -0.0266. The zero-order valence-electron chi connectivity index (χ0n) is 14.4. The van der Waals surface area contributed by atoms with E-state index in [1.807, 2.05) is 36.1 Å². The molecule has 2 aromatic rings. The molecular formula is C19H25N3O2. The van der Waals surface area contributed by atoms with Gasteiger partial charge in [0.1, 0.15) is 0 Å². The van der Waals surface area contributed by atoms with Crippen molar-refractivity contribution in [2.24, 2.45) is 5.92 Å². The molecule has 1 aliphatic rings. The van der Waals surface area contributed by atoms with Crippen LogP contribution in [-0.4, -0.2) is 42.0 Å². The van der Waals surface area contributed by atoms with Gasteiger partial charge in [-0.05, 0) is 38.8 Å². The number of piperidine rings is 1. The maximum atomic E-state index is 12.8. The summed E-state index contributed by atoms with van der Waals surface area (Å²) in [7, 11) is 0. The number of benzene rings is 1. The minimum absolute atomic E-state index is 0.0266. The summed E-state index contributed by atoms with van der Waals surface area (Å²) in [5.41, 5.74) is 2.49. The molecule has 0 spiro atoms. The van der Waals surface area contributed by atoms with E-state index in [1.54, 1.807) is 0 Å². The number of hydrogen-bond acceptors (Lipinski definition) is 4. The molecular weight excluding hydrogens is 302 g/mol. The molecule has 1 fully saturated rings. The average Bonchev–Trinajstić information content (AvgIpc) is 3.10. The van der Waals surface area contributed by atoms with Crippen LogP contribution in [0.3, 0.4) is 0 Å². The van der Waals surface area contributed by atoms with Crippen LogP contribution in [0.5, 0.6) is 0 Å². The van der Waals surface area contributed by atoms with E-state index in [-0.39, 0.29) is 5.91 Å². The van der Waals surface area contributed by atoms with Gasteiger partial charge in [0.25, 0.3) is 5.91 Å². The van der Waals surface area contributed by atoms with Crippen LogP contribution in [0.25, 0.3) is 11.3 Å². The van der Waals surface area contributed by atoms with E-state index in [4.69, 9.17) is 4.42 Å². The summed E-state index contributed by atoms with van der Waals surface area (Å²) in [5.74, 6) is 1.19. The third-order valence-corrected chi connectivity index (χ3v) is 4.67. The molecule has 0 bridgehead atoms. The van der Waals surface area contributed by atoms with E-state index in [0.717, 1.165) is 44.6 Å². The lowest BCUT2D eigenvalue weighted by Gasteiger charge is -2.31. The van der Waals surface area contributed by atoms with E-state index < -0.39 is 0 Å². The molecule has 3 rings (SSSR count). The number of aryl methyl sites for hydroxylation is 1. The number of amides is 1. The maximum Gasteiger partial charge on any atom is 0.276 e. The van der Waals surface area contributed by atoms with Crippen molar-refractivity contribution >= 4 is 5.91 Å². The number of nitrogens with one attached hydrogen (secondary N) is 1. The Morgan fingerprint density at radius 1 is 1.29 bits per heavy atom. The standard InChI is InChI=1S/C19H25N3O2/c1-3-20-12-15-8-10-22(11-9-15)19(23)17-18(24-13-21-17)16-6-4-14(2)5-7-16/h4-7,13,15,20H,3,8-12H2,1-2H3. The Balaban J connectivity index is 1.69. The third kappa shape index (κ3) is 3.67. The van der Waals surface area contributed by atoms with Crippen molar-refractivity contribution in [2.75, 3.05) is 26.2 Å². The minimum Gasteiger partial charge on any atom is -0.443 e. The van der Waals surface area contributed by atoms with Crippen LogP contribution in [0.1, 0.15) is 35.8 Å². The molecule has 0 atom stereocenters. The van der Waals surface area contributed by atoms with Crippen LogP contribution >= 0.6 is 0 Å². The molecule has 1 aromatic heterocycles. The van der Waals surface area contributed by atoms with Gasteiger partial charge in [0.05, 0.1) is 0 Å². The normalized spacial score (nSPS) is 15.7. The van der Waals surface area contributed by atoms with Gasteiger partial charge >= 0.3 is 0 Å². The zero-order chi connectivity index (χ0) is 16.9. The number of hydrogen-bond donors (Lipinski definition) is 1. The second-order valence-corrected chi connectivity index (χ2v) is 6.44. The van der Waals surface area contributed by atoms with E-state index in [1.165, 1.54) is 12.0 Å². The van der Waals surface area contributed by atoms with Gasteiger partial charge in [0, 0.05) is 18.7 Å². The first kappa shape index (κ1) is 16.7. The van der Waals surface area contributed by atoms with Crippen LogP contribution < -0.4 is 5.32 Å². The predicted octanol–water partition coefficient (Wildman–Crippen LogP) is 3.11. The first-order chi connectivity index (χ1) is 11.7. The van der Waals surface area contributed by atoms with Crippen molar-refractivity contribution in [3.8, 4) is 11.3 Å². The second kappa shape index (κ2) is 7.62. The molecule has 0 radical (unpaired) electrons. The molecule has 1 N–H and O–H groups in total. The van der Waals surface area contributed by atoms with Gasteiger partial charge in [-0.1, -0.05) is 36.8 Å². The van der Waals surface area contributed by atoms with Crippen molar-refractivity contribution in [3.05, 3.63) is 41.9 Å². The van der Waals surface area contributed by atoms with Crippen LogP contribution in [0.4, 0.5) is 0 Å². The van der Waals surface area contributed by atoms with Gasteiger partial charge < -0.3 is 14.6 Å². The highest BCUT2D eigenvalue weighted by Gasteiger charge is 2.27. The number of nitrogens with zero attached hydrogens (tertiary/aromatic N) is 2. The monoisotopic (exact) mass is 327 g/mol. The van der Waals surface area contributed by atoms with Gasteiger partial charge in [-0.2, -0.15) is 0 Å². The first-order valence-electron chi connectivity index (χ1n) is 8.69. The molecule has 5 nitrogen and oxygen atoms in total. The lowest BCUT2D eigenvalue weighted by Crippen LogP contribution is -2.41. The summed E-state index contributed by atoms with van der Waals surface area (Å²) in [6.45, 7) is 7.77. The largest absolute Gasteiger partial charge is 0.443 e. The summed E-state index contributed by atoms with van der Waals surface area (Å²) in [6.07, 6.45) is 3.44. The summed E-state index contributed by atoms with van der Waals surface area (Å²) in [4.78, 5) is 18.9. The SMILES string of the molecule is CCNCC1CCN(C(=O)c2ncoc2-c2ccc(C)cc2)CC1. The summed E-state index contributed by atoms with van der Waals surface area (Å²) in [6, 6.07) is 7.96. The Bertz CT molecular complexity index is 670. The number of carbonyl (C=O) groups excluding carboxylic acids is 1. The number of aromatic nitrogens is 1. The molecule has 0 aliphatic carbocycles. The van der Waals surface area contributed by atoms with Crippen LogP contribution in [-0.2, 0) is 0 Å². The molecule has 1 saturated heterocycles. The number of likely N-dealkylation sites (tertiary alicyclic amines) is 1. The third-order valence-electron chi connectivity index (χ3n) is 4.67. The van der Waals surface area contributed by atoms with Crippen LogP contribution in [0.15, 0.2) is 35.1 Å². The highest BCUT2D eigenvalue weighted by molar-refractivity contribution is 5.97. The number of oxazole rings is 1. The Morgan fingerprint density at radius 2 is 2.00 bits per heavy atom. The van der Waals surface area contributed by atoms with Gasteiger partial charge in [-0.25, -0.2) is 4.98 Å². The fourth-order valence-electron chi connectivity index (χ4n) is 3.15. The highest BCUT2D eigenvalue weighted by Crippen LogP contribution is 2.26. The first-order valence-corrected chi connectivity index (χ1v) is 8.69. The lowest BCUT2D eigenvalue weighted by molar-refractivity contribution is 0.0685. The summed E-state index contributed by atoms with van der Waals surface area (Å²) >= 11 is 0. The number of rotatable bonds is 5. The smallest absolute Gasteiger partial charge is 0.276 e. The van der Waals surface area contributed by atoms with E-state index >= 15 is 0 Å². The van der Waals surface area contributed by atoms with Crippen molar-refractivity contribution in [1.82, 2.24) is 15.2 Å². The molecule has 24 heavy (non-hydrogen) atoms. The molecule has 0 saturated carbocycles. The van der Waals surface area contributed by atoms with Gasteiger partial charge in [-0.3, -0.25) is 4.79 Å². The van der Waals surface area contributed by atoms with E-state index in [9.17, 15) is 4.79 Å². The van der Waals surface area contributed by atoms with Crippen LogP contribution in [0, 0.1) is 12.8 Å². The van der Waals surface area contributed by atoms with Crippen LogP contribution in [0.2, 0.25) is 0 Å². The number of carbonyl (C=O) groups is 1. The second-order valence-electron chi connectivity index (χ2n) is 6.44. The Hall–Kier alpha value is -2.14. The fraction of sp³-hybridized carbons (Fsp3) is 0.474. The summed E-state index contributed by atoms with van der Waals surface area (Å²) in [5, 5.41) is 3.39. The molecule has 2 heterocycles. The summed E-state index contributed by atoms with van der Waals surface area (Å²) < 4.78 is 5.51. The predicted molar refractivity (Wildman–Crippen MR) is 93.8 cm³/mol. The Kier molecular flexibility index (Phi) is 5.30. The quantitative estimate of drug-likeness (QED) is 0.917.